The molecule has 0 bridgehead atoms. The van der Waals surface area contributed by atoms with Gasteiger partial charge in [-0.15, -0.1) is 11.3 Å². The highest BCUT2D eigenvalue weighted by atomic mass is 32.1. The van der Waals surface area contributed by atoms with Gasteiger partial charge in [0.2, 0.25) is 0 Å². The fourth-order valence-electron chi connectivity index (χ4n) is 4.97. The van der Waals surface area contributed by atoms with Crippen molar-refractivity contribution in [3.63, 3.8) is 0 Å². The lowest BCUT2D eigenvalue weighted by molar-refractivity contribution is 0.0601. The van der Waals surface area contributed by atoms with Crippen LogP contribution in [0.15, 0.2) is 54.6 Å². The number of rotatable bonds is 6. The number of anilines is 1. The van der Waals surface area contributed by atoms with Crippen molar-refractivity contribution in [1.29, 1.82) is 0 Å². The molecule has 2 aromatic heterocycles. The Labute approximate surface area is 215 Å². The molecule has 1 aliphatic rings. The number of fused-ring (bicyclic) bond motifs is 2. The summed E-state index contributed by atoms with van der Waals surface area (Å²) >= 11 is 1.50. The fraction of sp³-hybridized carbons (Fsp3) is 0.300. The first kappa shape index (κ1) is 24.2. The van der Waals surface area contributed by atoms with Crippen molar-refractivity contribution < 1.29 is 14.3 Å². The van der Waals surface area contributed by atoms with E-state index in [4.69, 9.17) is 9.72 Å². The van der Waals surface area contributed by atoms with E-state index in [-0.39, 0.29) is 5.91 Å². The van der Waals surface area contributed by atoms with Gasteiger partial charge in [-0.1, -0.05) is 62.7 Å². The molecule has 4 aromatic rings. The lowest BCUT2D eigenvalue weighted by atomic mass is 9.88. The first-order valence-electron chi connectivity index (χ1n) is 12.5. The zero-order valence-electron chi connectivity index (χ0n) is 20.9. The Morgan fingerprint density at radius 2 is 1.92 bits per heavy atom. The molecule has 2 heterocycles. The minimum Gasteiger partial charge on any atom is -0.465 e. The number of methoxy groups -OCH3 is 1. The summed E-state index contributed by atoms with van der Waals surface area (Å²) in [6.45, 7) is 4.39. The molecule has 2 aromatic carbocycles. The summed E-state index contributed by atoms with van der Waals surface area (Å²) in [5.41, 5.74) is 5.80. The van der Waals surface area contributed by atoms with E-state index in [1.165, 1.54) is 24.0 Å². The van der Waals surface area contributed by atoms with E-state index in [0.29, 0.717) is 22.0 Å². The van der Waals surface area contributed by atoms with Crippen LogP contribution < -0.4 is 5.32 Å². The molecule has 1 N–H and O–H groups in total. The summed E-state index contributed by atoms with van der Waals surface area (Å²) in [6, 6.07) is 17.9. The molecule has 0 saturated carbocycles. The number of pyridine rings is 1. The van der Waals surface area contributed by atoms with Crippen molar-refractivity contribution in [1.82, 2.24) is 4.98 Å². The van der Waals surface area contributed by atoms with Gasteiger partial charge < -0.3 is 10.1 Å². The summed E-state index contributed by atoms with van der Waals surface area (Å²) in [4.78, 5) is 32.4. The number of esters is 1. The molecular formula is C30H30N2O3S. The molecular weight excluding hydrogens is 468 g/mol. The molecule has 36 heavy (non-hydrogen) atoms. The first-order valence-corrected chi connectivity index (χ1v) is 13.3. The van der Waals surface area contributed by atoms with Gasteiger partial charge in [0.25, 0.3) is 5.91 Å². The van der Waals surface area contributed by atoms with Gasteiger partial charge in [-0.25, -0.2) is 9.78 Å². The third-order valence-corrected chi connectivity index (χ3v) is 8.05. The summed E-state index contributed by atoms with van der Waals surface area (Å²) < 4.78 is 5.10. The number of carbonyl (C=O) groups excluding carboxylic acids is 2. The van der Waals surface area contributed by atoms with Crippen LogP contribution in [0.2, 0.25) is 0 Å². The van der Waals surface area contributed by atoms with E-state index in [9.17, 15) is 9.59 Å². The molecule has 0 spiro atoms. The highest BCUT2D eigenvalue weighted by molar-refractivity contribution is 7.17. The monoisotopic (exact) mass is 498 g/mol. The molecule has 184 valence electrons. The lowest BCUT2D eigenvalue weighted by Gasteiger charge is -2.18. The molecule has 0 fully saturated rings. The molecule has 0 saturated heterocycles. The van der Waals surface area contributed by atoms with Crippen molar-refractivity contribution in [3.05, 3.63) is 81.7 Å². The van der Waals surface area contributed by atoms with Crippen LogP contribution in [0, 0.1) is 5.92 Å². The highest BCUT2D eigenvalue weighted by Crippen LogP contribution is 2.40. The minimum atomic E-state index is -0.398. The van der Waals surface area contributed by atoms with Gasteiger partial charge in [0.1, 0.15) is 5.00 Å². The zero-order chi connectivity index (χ0) is 25.2. The predicted octanol–water partition coefficient (Wildman–Crippen LogP) is 7.08. The number of aryl methyl sites for hydroxylation is 1. The second kappa shape index (κ2) is 10.2. The standard InChI is InChI=1S/C30H30N2O3S/c1-4-7-19-11-13-20(14-12-19)25-17-23(21-8-5-6-9-24(21)31-25)28(33)32-29-27(30(34)35-3)22-15-10-18(2)16-26(22)36-29/h5-6,8-9,11-14,17-18H,4,7,10,15-16H2,1-3H3,(H,32,33)/t18-/m0/s1. The number of ether oxygens (including phenoxy) is 1. The van der Waals surface area contributed by atoms with Crippen LogP contribution in [0.1, 0.15) is 63.4 Å². The third-order valence-electron chi connectivity index (χ3n) is 6.88. The maximum atomic E-state index is 13.7. The molecule has 6 heteroatoms. The Hall–Kier alpha value is -3.51. The highest BCUT2D eigenvalue weighted by Gasteiger charge is 2.29. The average Bonchev–Trinajstić information content (AvgIpc) is 3.24. The van der Waals surface area contributed by atoms with Crippen LogP contribution >= 0.6 is 11.3 Å². The molecule has 0 aliphatic heterocycles. The van der Waals surface area contributed by atoms with E-state index in [0.717, 1.165) is 64.7 Å². The molecule has 5 nitrogen and oxygen atoms in total. The number of nitrogens with zero attached hydrogens (tertiary/aromatic N) is 1. The number of benzene rings is 2. The second-order valence-electron chi connectivity index (χ2n) is 9.52. The fourth-order valence-corrected chi connectivity index (χ4v) is 6.36. The smallest absolute Gasteiger partial charge is 0.341 e. The topological polar surface area (TPSA) is 68.3 Å². The van der Waals surface area contributed by atoms with Crippen LogP contribution in [0.5, 0.6) is 0 Å². The number of carbonyl (C=O) groups is 2. The molecule has 1 atom stereocenters. The van der Waals surface area contributed by atoms with Crippen LogP contribution in [-0.2, 0) is 24.0 Å². The van der Waals surface area contributed by atoms with Crippen LogP contribution in [-0.4, -0.2) is 24.0 Å². The van der Waals surface area contributed by atoms with Crippen molar-refractivity contribution >= 4 is 39.1 Å². The Morgan fingerprint density at radius 3 is 2.67 bits per heavy atom. The van der Waals surface area contributed by atoms with Crippen molar-refractivity contribution in [2.24, 2.45) is 5.92 Å². The van der Waals surface area contributed by atoms with Crippen LogP contribution in [0.25, 0.3) is 22.2 Å². The predicted molar refractivity (Wildman–Crippen MR) is 146 cm³/mol. The molecule has 5 rings (SSSR count). The Kier molecular flexibility index (Phi) is 6.88. The summed E-state index contributed by atoms with van der Waals surface area (Å²) in [6.07, 6.45) is 4.89. The Bertz CT molecular complexity index is 1440. The number of hydrogen-bond acceptors (Lipinski definition) is 5. The number of amides is 1. The van der Waals surface area contributed by atoms with Crippen molar-refractivity contribution in [3.8, 4) is 11.3 Å². The molecule has 0 radical (unpaired) electrons. The van der Waals surface area contributed by atoms with Crippen LogP contribution in [0.4, 0.5) is 5.00 Å². The average molecular weight is 499 g/mol. The van der Waals surface area contributed by atoms with E-state index >= 15 is 0 Å². The maximum absolute atomic E-state index is 13.7. The molecule has 1 aliphatic carbocycles. The maximum Gasteiger partial charge on any atom is 0.341 e. The van der Waals surface area contributed by atoms with E-state index in [1.54, 1.807) is 0 Å². The normalized spacial score (nSPS) is 14.9. The van der Waals surface area contributed by atoms with Crippen molar-refractivity contribution in [2.45, 2.75) is 46.0 Å². The second-order valence-corrected chi connectivity index (χ2v) is 10.6. The lowest BCUT2D eigenvalue weighted by Crippen LogP contribution is -2.16. The Balaban J connectivity index is 1.55. The number of para-hydroxylation sites is 1. The van der Waals surface area contributed by atoms with Gasteiger partial charge in [-0.3, -0.25) is 4.79 Å². The summed E-state index contributed by atoms with van der Waals surface area (Å²) in [5.74, 6) is -0.0975. The Morgan fingerprint density at radius 1 is 1.14 bits per heavy atom. The largest absolute Gasteiger partial charge is 0.465 e. The third kappa shape index (κ3) is 4.65. The minimum absolute atomic E-state index is 0.255. The number of nitrogens with one attached hydrogen (secondary N) is 1. The zero-order valence-corrected chi connectivity index (χ0v) is 21.7. The summed E-state index contributed by atoms with van der Waals surface area (Å²) in [5, 5.41) is 4.40. The van der Waals surface area contributed by atoms with Gasteiger partial charge in [0, 0.05) is 15.8 Å². The first-order chi connectivity index (χ1) is 17.5. The van der Waals surface area contributed by atoms with E-state index < -0.39 is 5.97 Å². The quantitative estimate of drug-likeness (QED) is 0.288. The van der Waals surface area contributed by atoms with Crippen molar-refractivity contribution in [2.75, 3.05) is 12.4 Å². The molecule has 1 amide bonds. The van der Waals surface area contributed by atoms with Gasteiger partial charge in [0.15, 0.2) is 0 Å². The SMILES string of the molecule is CCCc1ccc(-c2cc(C(=O)Nc3sc4c(c3C(=O)OC)CC[C@H](C)C4)c3ccccc3n2)cc1. The molecule has 0 unspecified atom stereocenters. The van der Waals surface area contributed by atoms with Gasteiger partial charge in [0.05, 0.1) is 29.4 Å². The van der Waals surface area contributed by atoms with Gasteiger partial charge in [-0.2, -0.15) is 0 Å². The summed E-state index contributed by atoms with van der Waals surface area (Å²) in [7, 11) is 1.39. The van der Waals surface area contributed by atoms with E-state index in [2.05, 4.69) is 43.4 Å². The number of hydrogen-bond donors (Lipinski definition) is 1. The number of thiophene rings is 1. The van der Waals surface area contributed by atoms with Crippen LogP contribution in [0.3, 0.4) is 0 Å². The van der Waals surface area contributed by atoms with Gasteiger partial charge >= 0.3 is 5.97 Å². The van der Waals surface area contributed by atoms with E-state index in [1.807, 2.05) is 30.3 Å². The number of aromatic nitrogens is 1. The van der Waals surface area contributed by atoms with Gasteiger partial charge in [-0.05, 0) is 54.9 Å².